The number of piperidine rings is 1. The number of benzene rings is 2. The predicted octanol–water partition coefficient (Wildman–Crippen LogP) is 3.47. The molecule has 0 bridgehead atoms. The summed E-state index contributed by atoms with van der Waals surface area (Å²) in [5, 5.41) is 0. The number of fused-ring (bicyclic) bond motifs is 1. The van der Waals surface area contributed by atoms with Gasteiger partial charge in [-0.1, -0.05) is 30.3 Å². The zero-order chi connectivity index (χ0) is 19.7. The summed E-state index contributed by atoms with van der Waals surface area (Å²) < 4.78 is 0. The Bertz CT molecular complexity index is 912. The zero-order valence-electron chi connectivity index (χ0n) is 16.1. The number of hydrogen-bond acceptors (Lipinski definition) is 3. The monoisotopic (exact) mass is 376 g/mol. The zero-order valence-corrected chi connectivity index (χ0v) is 16.1. The van der Waals surface area contributed by atoms with Gasteiger partial charge in [0.05, 0.1) is 0 Å². The van der Waals surface area contributed by atoms with Gasteiger partial charge in [0.1, 0.15) is 0 Å². The van der Waals surface area contributed by atoms with Crippen LogP contribution < -0.4 is 4.90 Å². The van der Waals surface area contributed by atoms with Crippen molar-refractivity contribution in [3.05, 3.63) is 65.2 Å². The minimum atomic E-state index is -0.0149. The molecule has 2 aromatic carbocycles. The van der Waals surface area contributed by atoms with Gasteiger partial charge in [0.2, 0.25) is 5.91 Å². The second-order valence-electron chi connectivity index (χ2n) is 7.55. The van der Waals surface area contributed by atoms with Gasteiger partial charge in [-0.3, -0.25) is 14.4 Å². The number of amides is 2. The van der Waals surface area contributed by atoms with Crippen molar-refractivity contribution in [2.45, 2.75) is 38.6 Å². The fourth-order valence-electron chi connectivity index (χ4n) is 4.21. The molecule has 2 amide bonds. The van der Waals surface area contributed by atoms with Crippen molar-refractivity contribution in [3.8, 4) is 0 Å². The lowest BCUT2D eigenvalue weighted by atomic mass is 9.95. The lowest BCUT2D eigenvalue weighted by Gasteiger charge is -2.41. The Hall–Kier alpha value is -2.95. The third-order valence-corrected chi connectivity index (χ3v) is 5.78. The van der Waals surface area contributed by atoms with E-state index in [9.17, 15) is 14.4 Å². The van der Waals surface area contributed by atoms with E-state index in [0.717, 1.165) is 24.9 Å². The molecule has 2 heterocycles. The first kappa shape index (κ1) is 18.4. The van der Waals surface area contributed by atoms with E-state index in [0.29, 0.717) is 30.6 Å². The van der Waals surface area contributed by atoms with Crippen molar-refractivity contribution in [2.24, 2.45) is 0 Å². The Labute approximate surface area is 164 Å². The highest BCUT2D eigenvalue weighted by Gasteiger charge is 2.33. The van der Waals surface area contributed by atoms with E-state index in [2.05, 4.69) is 6.07 Å². The van der Waals surface area contributed by atoms with Crippen molar-refractivity contribution in [1.29, 1.82) is 0 Å². The van der Waals surface area contributed by atoms with E-state index in [1.807, 2.05) is 28.0 Å². The topological polar surface area (TPSA) is 57.7 Å². The summed E-state index contributed by atoms with van der Waals surface area (Å²) in [6, 6.07) is 15.1. The number of Topliss-reactive ketones (excluding diaryl/α,β-unsaturated/α-hetero) is 1. The maximum atomic E-state index is 12.8. The van der Waals surface area contributed by atoms with E-state index < -0.39 is 0 Å². The maximum absolute atomic E-state index is 12.8. The molecule has 0 aliphatic carbocycles. The first-order valence-electron chi connectivity index (χ1n) is 9.85. The second kappa shape index (κ2) is 7.58. The van der Waals surface area contributed by atoms with Gasteiger partial charge in [0.25, 0.3) is 5.91 Å². The van der Waals surface area contributed by atoms with E-state index in [1.54, 1.807) is 24.3 Å². The molecule has 5 nitrogen and oxygen atoms in total. The van der Waals surface area contributed by atoms with Crippen molar-refractivity contribution in [2.75, 3.05) is 18.0 Å². The number of aryl methyl sites for hydroxylation is 1. The maximum Gasteiger partial charge on any atom is 0.253 e. The Morgan fingerprint density at radius 2 is 1.54 bits per heavy atom. The van der Waals surface area contributed by atoms with Crippen LogP contribution in [-0.2, 0) is 11.2 Å². The smallest absolute Gasteiger partial charge is 0.253 e. The van der Waals surface area contributed by atoms with Gasteiger partial charge in [-0.15, -0.1) is 0 Å². The van der Waals surface area contributed by atoms with Gasteiger partial charge in [-0.05, 0) is 49.9 Å². The van der Waals surface area contributed by atoms with E-state index in [-0.39, 0.29) is 23.6 Å². The lowest BCUT2D eigenvalue weighted by molar-refractivity contribution is -0.119. The summed E-state index contributed by atoms with van der Waals surface area (Å²) in [5.74, 6) is 0.161. The summed E-state index contributed by atoms with van der Waals surface area (Å²) in [5.41, 5.74) is 3.47. The van der Waals surface area contributed by atoms with Crippen LogP contribution in [0.4, 0.5) is 5.69 Å². The number of hydrogen-bond donors (Lipinski definition) is 0. The Balaban J connectivity index is 1.44. The van der Waals surface area contributed by atoms with Gasteiger partial charge in [0.15, 0.2) is 5.78 Å². The van der Waals surface area contributed by atoms with Crippen LogP contribution in [0.2, 0.25) is 0 Å². The number of carbonyl (C=O) groups excluding carboxylic acids is 3. The van der Waals surface area contributed by atoms with E-state index >= 15 is 0 Å². The van der Waals surface area contributed by atoms with E-state index in [1.165, 1.54) is 12.5 Å². The lowest BCUT2D eigenvalue weighted by Crippen LogP contribution is -2.50. The molecule has 2 aliphatic heterocycles. The number of anilines is 1. The highest BCUT2D eigenvalue weighted by atomic mass is 16.2. The van der Waals surface area contributed by atoms with Crippen LogP contribution in [0.5, 0.6) is 0 Å². The number of carbonyl (C=O) groups is 3. The Morgan fingerprint density at radius 1 is 0.893 bits per heavy atom. The molecular formula is C23H24N2O3. The fourth-order valence-corrected chi connectivity index (χ4v) is 4.21. The summed E-state index contributed by atoms with van der Waals surface area (Å²) in [7, 11) is 0. The van der Waals surface area contributed by atoms with Crippen LogP contribution in [0, 0.1) is 0 Å². The van der Waals surface area contributed by atoms with Crippen LogP contribution >= 0.6 is 0 Å². The highest BCUT2D eigenvalue weighted by molar-refractivity contribution is 5.98. The van der Waals surface area contributed by atoms with E-state index in [4.69, 9.17) is 0 Å². The fraction of sp³-hybridized carbons (Fsp3) is 0.348. The van der Waals surface area contributed by atoms with Crippen LogP contribution in [0.3, 0.4) is 0 Å². The van der Waals surface area contributed by atoms with Crippen molar-refractivity contribution in [1.82, 2.24) is 4.90 Å². The molecule has 0 spiro atoms. The third kappa shape index (κ3) is 3.44. The van der Waals surface area contributed by atoms with Crippen molar-refractivity contribution >= 4 is 23.3 Å². The molecule has 0 aromatic heterocycles. The Kier molecular flexibility index (Phi) is 4.99. The molecule has 0 atom stereocenters. The molecule has 0 saturated carbocycles. The molecule has 1 fully saturated rings. The summed E-state index contributed by atoms with van der Waals surface area (Å²) >= 11 is 0. The first-order valence-corrected chi connectivity index (χ1v) is 9.85. The SMILES string of the molecule is CC(=O)c1ccc(C(=O)N2CCC(N3C(=O)CCc4ccccc43)CC2)cc1. The molecule has 1 saturated heterocycles. The molecule has 0 N–H and O–H groups in total. The minimum Gasteiger partial charge on any atom is -0.338 e. The Morgan fingerprint density at radius 3 is 2.21 bits per heavy atom. The highest BCUT2D eigenvalue weighted by Crippen LogP contribution is 2.32. The molecule has 144 valence electrons. The molecule has 2 aromatic rings. The number of nitrogens with zero attached hydrogens (tertiary/aromatic N) is 2. The van der Waals surface area contributed by atoms with Gasteiger partial charge < -0.3 is 9.80 Å². The molecule has 28 heavy (non-hydrogen) atoms. The largest absolute Gasteiger partial charge is 0.338 e. The number of rotatable bonds is 3. The first-order chi connectivity index (χ1) is 13.5. The third-order valence-electron chi connectivity index (χ3n) is 5.78. The number of likely N-dealkylation sites (tertiary alicyclic amines) is 1. The van der Waals surface area contributed by atoms with Crippen LogP contribution in [0.1, 0.15) is 52.5 Å². The van der Waals surface area contributed by atoms with Gasteiger partial charge in [-0.2, -0.15) is 0 Å². The van der Waals surface area contributed by atoms with Crippen molar-refractivity contribution in [3.63, 3.8) is 0 Å². The molecule has 2 aliphatic rings. The van der Waals surface area contributed by atoms with Gasteiger partial charge >= 0.3 is 0 Å². The molecule has 0 unspecified atom stereocenters. The summed E-state index contributed by atoms with van der Waals surface area (Å²) in [6.45, 7) is 2.77. The normalized spacial score (nSPS) is 17.4. The molecule has 4 rings (SSSR count). The quantitative estimate of drug-likeness (QED) is 0.771. The second-order valence-corrected chi connectivity index (χ2v) is 7.55. The minimum absolute atomic E-state index is 0.00806. The van der Waals surface area contributed by atoms with Crippen molar-refractivity contribution < 1.29 is 14.4 Å². The number of ketones is 1. The predicted molar refractivity (Wildman–Crippen MR) is 108 cm³/mol. The van der Waals surface area contributed by atoms with Crippen LogP contribution in [0.15, 0.2) is 48.5 Å². The summed E-state index contributed by atoms with van der Waals surface area (Å²) in [6.07, 6.45) is 2.91. The van der Waals surface area contributed by atoms with Crippen LogP contribution in [-0.4, -0.2) is 41.6 Å². The average Bonchev–Trinajstić information content (AvgIpc) is 2.73. The van der Waals surface area contributed by atoms with Gasteiger partial charge in [-0.25, -0.2) is 0 Å². The molecular weight excluding hydrogens is 352 g/mol. The summed E-state index contributed by atoms with van der Waals surface area (Å²) in [4.78, 5) is 40.6. The standard InChI is InChI=1S/C23H24N2O3/c1-16(26)17-6-8-19(9-7-17)23(28)24-14-12-20(13-15-24)25-21-5-3-2-4-18(21)10-11-22(25)27/h2-9,20H,10-15H2,1H3. The molecule has 5 heteroatoms. The average molecular weight is 376 g/mol. The van der Waals surface area contributed by atoms with Crippen LogP contribution in [0.25, 0.3) is 0 Å². The van der Waals surface area contributed by atoms with Gasteiger partial charge in [0, 0.05) is 42.4 Å². The molecule has 0 radical (unpaired) electrons. The number of para-hydroxylation sites is 1.